The van der Waals surface area contributed by atoms with Crippen LogP contribution in [0.4, 0.5) is 5.69 Å². The summed E-state index contributed by atoms with van der Waals surface area (Å²) in [5, 5.41) is 10.9. The van der Waals surface area contributed by atoms with Crippen LogP contribution in [0.3, 0.4) is 0 Å². The lowest BCUT2D eigenvalue weighted by Crippen LogP contribution is -2.42. The second-order valence-corrected chi connectivity index (χ2v) is 4.92. The summed E-state index contributed by atoms with van der Waals surface area (Å²) in [7, 11) is 0. The van der Waals surface area contributed by atoms with E-state index in [9.17, 15) is 10.1 Å². The molecule has 20 heavy (non-hydrogen) atoms. The van der Waals surface area contributed by atoms with E-state index in [0.717, 1.165) is 18.7 Å². The Morgan fingerprint density at radius 3 is 3.15 bits per heavy atom. The van der Waals surface area contributed by atoms with Crippen LogP contribution in [0, 0.1) is 17.0 Å². The van der Waals surface area contributed by atoms with Gasteiger partial charge < -0.3 is 9.47 Å². The van der Waals surface area contributed by atoms with Crippen molar-refractivity contribution in [3.8, 4) is 5.88 Å². The number of morpholine rings is 1. The largest absolute Gasteiger partial charge is 0.471 e. The summed E-state index contributed by atoms with van der Waals surface area (Å²) in [6, 6.07) is 1.47. The lowest BCUT2D eigenvalue weighted by atomic mass is 10.3. The molecule has 1 atom stereocenters. The van der Waals surface area contributed by atoms with Gasteiger partial charge >= 0.3 is 5.69 Å². The monoisotopic (exact) mass is 281 g/mol. The van der Waals surface area contributed by atoms with Crippen molar-refractivity contribution in [2.45, 2.75) is 20.0 Å². The molecule has 0 N–H and O–H groups in total. The summed E-state index contributed by atoms with van der Waals surface area (Å²) in [6.07, 6.45) is 1.79. The molecule has 0 unspecified atom stereocenters. The maximum absolute atomic E-state index is 10.9. The molecule has 0 aromatic carbocycles. The molecule has 1 aliphatic heterocycles. The molecule has 0 aliphatic carbocycles. The Morgan fingerprint density at radius 1 is 1.65 bits per heavy atom. The fraction of sp³-hybridized carbons (Fsp3) is 0.615. The van der Waals surface area contributed by atoms with Gasteiger partial charge in [-0.25, -0.2) is 4.98 Å². The summed E-state index contributed by atoms with van der Waals surface area (Å²) in [5.74, 6) is 0.0851. The van der Waals surface area contributed by atoms with Crippen molar-refractivity contribution in [3.63, 3.8) is 0 Å². The van der Waals surface area contributed by atoms with Crippen LogP contribution >= 0.6 is 0 Å². The summed E-state index contributed by atoms with van der Waals surface area (Å²) in [6.45, 7) is 7.30. The number of nitro groups is 1. The van der Waals surface area contributed by atoms with Crippen LogP contribution in [-0.4, -0.2) is 53.8 Å². The third-order valence-electron chi connectivity index (χ3n) is 3.14. The lowest BCUT2D eigenvalue weighted by molar-refractivity contribution is -0.386. The molecule has 1 aliphatic rings. The van der Waals surface area contributed by atoms with Gasteiger partial charge in [0.1, 0.15) is 6.61 Å². The number of ether oxygens (including phenoxy) is 2. The Balaban J connectivity index is 1.89. The number of hydrogen-bond acceptors (Lipinski definition) is 6. The fourth-order valence-corrected chi connectivity index (χ4v) is 2.15. The van der Waals surface area contributed by atoms with E-state index in [0.29, 0.717) is 19.8 Å². The molecule has 1 aromatic rings. The first-order valence-electron chi connectivity index (χ1n) is 6.64. The number of nitrogens with zero attached hydrogens (tertiary/aromatic N) is 3. The zero-order valence-corrected chi connectivity index (χ0v) is 11.7. The first kappa shape index (κ1) is 14.7. The predicted molar refractivity (Wildman–Crippen MR) is 73.0 cm³/mol. The molecule has 0 radical (unpaired) electrons. The van der Waals surface area contributed by atoms with E-state index in [1.54, 1.807) is 13.1 Å². The summed E-state index contributed by atoms with van der Waals surface area (Å²) in [4.78, 5) is 16.7. The quantitative estimate of drug-likeness (QED) is 0.599. The minimum Gasteiger partial charge on any atom is -0.471 e. The first-order valence-corrected chi connectivity index (χ1v) is 6.64. The summed E-state index contributed by atoms with van der Waals surface area (Å²) in [5.41, 5.74) is 0.659. The molecule has 0 saturated carbocycles. The van der Waals surface area contributed by atoms with Gasteiger partial charge in [0.2, 0.25) is 0 Å². The number of aromatic nitrogens is 1. The Labute approximate surface area is 117 Å². The molecular formula is C13H19N3O4. The second-order valence-electron chi connectivity index (χ2n) is 4.92. The zero-order valence-electron chi connectivity index (χ0n) is 11.7. The third-order valence-corrected chi connectivity index (χ3v) is 3.14. The molecule has 0 amide bonds. The van der Waals surface area contributed by atoms with Crippen molar-refractivity contribution in [1.82, 2.24) is 9.88 Å². The molecule has 2 rings (SSSR count). The van der Waals surface area contributed by atoms with E-state index >= 15 is 0 Å². The van der Waals surface area contributed by atoms with E-state index < -0.39 is 4.92 Å². The number of aryl methyl sites for hydroxylation is 1. The van der Waals surface area contributed by atoms with E-state index in [2.05, 4.69) is 9.88 Å². The van der Waals surface area contributed by atoms with Gasteiger partial charge in [0.05, 0.1) is 17.6 Å². The highest BCUT2D eigenvalue weighted by molar-refractivity contribution is 5.42. The molecule has 7 heteroatoms. The van der Waals surface area contributed by atoms with E-state index in [-0.39, 0.29) is 17.7 Å². The van der Waals surface area contributed by atoms with Crippen molar-refractivity contribution in [3.05, 3.63) is 27.9 Å². The maximum atomic E-state index is 10.9. The Bertz CT molecular complexity index is 481. The van der Waals surface area contributed by atoms with Crippen LogP contribution in [0.5, 0.6) is 5.88 Å². The van der Waals surface area contributed by atoms with Crippen LogP contribution in [0.15, 0.2) is 12.3 Å². The Kier molecular flexibility index (Phi) is 4.86. The SMILES string of the molecule is Cc1cnc(OCCN2CCO[C@H](C)C2)c([N+](=O)[O-])c1. The van der Waals surface area contributed by atoms with E-state index in [1.165, 1.54) is 6.07 Å². The van der Waals surface area contributed by atoms with Gasteiger partial charge in [0, 0.05) is 31.9 Å². The molecular weight excluding hydrogens is 262 g/mol. The predicted octanol–water partition coefficient (Wildman–Crippen LogP) is 1.40. The van der Waals surface area contributed by atoms with E-state index in [1.807, 2.05) is 6.92 Å². The molecule has 7 nitrogen and oxygen atoms in total. The highest BCUT2D eigenvalue weighted by Gasteiger charge is 2.19. The van der Waals surface area contributed by atoms with Crippen molar-refractivity contribution in [2.75, 3.05) is 32.8 Å². The molecule has 1 aromatic heterocycles. The molecule has 110 valence electrons. The van der Waals surface area contributed by atoms with Crippen LogP contribution in [0.1, 0.15) is 12.5 Å². The van der Waals surface area contributed by atoms with Gasteiger partial charge in [-0.15, -0.1) is 0 Å². The minimum absolute atomic E-state index is 0.0830. The van der Waals surface area contributed by atoms with Gasteiger partial charge in [0.25, 0.3) is 5.88 Å². The maximum Gasteiger partial charge on any atom is 0.331 e. The fourth-order valence-electron chi connectivity index (χ4n) is 2.15. The van der Waals surface area contributed by atoms with Gasteiger partial charge in [-0.05, 0) is 19.4 Å². The zero-order chi connectivity index (χ0) is 14.5. The van der Waals surface area contributed by atoms with Crippen LogP contribution < -0.4 is 4.74 Å². The Hall–Kier alpha value is -1.73. The average molecular weight is 281 g/mol. The van der Waals surface area contributed by atoms with Crippen molar-refractivity contribution >= 4 is 5.69 Å². The third kappa shape index (κ3) is 3.88. The minimum atomic E-state index is -0.466. The lowest BCUT2D eigenvalue weighted by Gasteiger charge is -2.30. The topological polar surface area (TPSA) is 77.7 Å². The van der Waals surface area contributed by atoms with Crippen LogP contribution in [0.25, 0.3) is 0 Å². The average Bonchev–Trinajstić information content (AvgIpc) is 2.40. The van der Waals surface area contributed by atoms with Crippen molar-refractivity contribution < 1.29 is 14.4 Å². The van der Waals surface area contributed by atoms with Crippen LogP contribution in [-0.2, 0) is 4.74 Å². The smallest absolute Gasteiger partial charge is 0.331 e. The highest BCUT2D eigenvalue weighted by atomic mass is 16.6. The van der Waals surface area contributed by atoms with Gasteiger partial charge in [-0.1, -0.05) is 0 Å². The number of hydrogen-bond donors (Lipinski definition) is 0. The molecule has 0 spiro atoms. The van der Waals surface area contributed by atoms with Crippen molar-refractivity contribution in [2.24, 2.45) is 0 Å². The van der Waals surface area contributed by atoms with E-state index in [4.69, 9.17) is 9.47 Å². The second kappa shape index (κ2) is 6.62. The van der Waals surface area contributed by atoms with Gasteiger partial charge in [-0.3, -0.25) is 15.0 Å². The van der Waals surface area contributed by atoms with Crippen LogP contribution in [0.2, 0.25) is 0 Å². The molecule has 1 fully saturated rings. The van der Waals surface area contributed by atoms with Crippen molar-refractivity contribution in [1.29, 1.82) is 0 Å². The van der Waals surface area contributed by atoms with Gasteiger partial charge in [-0.2, -0.15) is 0 Å². The molecule has 1 saturated heterocycles. The number of pyridine rings is 1. The Morgan fingerprint density at radius 2 is 2.45 bits per heavy atom. The van der Waals surface area contributed by atoms with Gasteiger partial charge in [0.15, 0.2) is 0 Å². The summed E-state index contributed by atoms with van der Waals surface area (Å²) >= 11 is 0. The number of rotatable bonds is 5. The normalized spacial score (nSPS) is 19.8. The first-order chi connectivity index (χ1) is 9.56. The molecule has 2 heterocycles. The standard InChI is InChI=1S/C13H19N3O4/c1-10-7-12(16(17)18)13(14-8-10)20-6-4-15-3-5-19-11(2)9-15/h7-8,11H,3-6,9H2,1-2H3/t11-/m1/s1. The highest BCUT2D eigenvalue weighted by Crippen LogP contribution is 2.24. The summed E-state index contributed by atoms with van der Waals surface area (Å²) < 4.78 is 10.9. The molecule has 0 bridgehead atoms.